The molecule has 9 aromatic rings. The topological polar surface area (TPSA) is 74.1 Å². The maximum atomic E-state index is 6.98. The van der Waals surface area contributed by atoms with Crippen LogP contribution in [-0.2, 0) is 30.0 Å². The lowest BCUT2D eigenvalue weighted by Crippen LogP contribution is -2.59. The lowest BCUT2D eigenvalue weighted by atomic mass is 9.50. The van der Waals surface area contributed by atoms with Gasteiger partial charge in [-0.2, -0.15) is 0 Å². The van der Waals surface area contributed by atoms with Crippen molar-refractivity contribution in [2.45, 2.75) is 131 Å². The largest absolute Gasteiger partial charge is 0.468 e. The molecule has 11 rings (SSSR count). The normalized spacial score (nSPS) is 14.7. The maximum Gasteiger partial charge on any atom is 0.468 e. The SMILES string of the molecule is CC(C)(C)B1OB(c2cccc(-c3cc(C(C)(C)C)cc(C(C)(C)C)c3)c2N2CN(c3cncc(Oc4ccc5c6cc(-c7ccccc7)ccc6n(-c6cc(C(C)(C)C)ccn6)c5c4)c3)c3ccccc32)OB(C(C)(C)C)O1. The lowest BCUT2D eigenvalue weighted by molar-refractivity contribution is 0.250. The van der Waals surface area contributed by atoms with Crippen molar-refractivity contribution in [2.24, 2.45) is 0 Å². The number of pyridine rings is 2. The molecule has 9 nitrogen and oxygen atoms in total. The van der Waals surface area contributed by atoms with Gasteiger partial charge < -0.3 is 28.3 Å². The van der Waals surface area contributed by atoms with Crippen LogP contribution in [0.4, 0.5) is 22.7 Å². The number of rotatable bonds is 8. The highest BCUT2D eigenvalue weighted by Crippen LogP contribution is 2.49. The highest BCUT2D eigenvalue weighted by atomic mass is 16.7. The van der Waals surface area contributed by atoms with E-state index in [1.807, 2.05) is 12.4 Å². The molecule has 79 heavy (non-hydrogen) atoms. The minimum absolute atomic E-state index is 0.0604. The lowest BCUT2D eigenvalue weighted by Gasteiger charge is -2.41. The van der Waals surface area contributed by atoms with E-state index >= 15 is 0 Å². The smallest absolute Gasteiger partial charge is 0.456 e. The summed E-state index contributed by atoms with van der Waals surface area (Å²) in [4.78, 5) is 14.6. The van der Waals surface area contributed by atoms with Gasteiger partial charge in [0.2, 0.25) is 0 Å². The van der Waals surface area contributed by atoms with Crippen LogP contribution in [0.25, 0.3) is 49.9 Å². The zero-order chi connectivity index (χ0) is 56.0. The summed E-state index contributed by atoms with van der Waals surface area (Å²) in [7, 11) is -1.77. The van der Waals surface area contributed by atoms with Gasteiger partial charge in [0.15, 0.2) is 0 Å². The van der Waals surface area contributed by atoms with Crippen LogP contribution in [0.3, 0.4) is 0 Å². The summed E-state index contributed by atoms with van der Waals surface area (Å²) in [5.41, 5.74) is 15.1. The van der Waals surface area contributed by atoms with Gasteiger partial charge in [0, 0.05) is 40.1 Å². The maximum absolute atomic E-state index is 6.98. The van der Waals surface area contributed by atoms with Gasteiger partial charge in [-0.05, 0) is 109 Å². The van der Waals surface area contributed by atoms with Crippen molar-refractivity contribution in [1.82, 2.24) is 14.5 Å². The Morgan fingerprint density at radius 3 is 1.77 bits per heavy atom. The van der Waals surface area contributed by atoms with Gasteiger partial charge in [-0.15, -0.1) is 0 Å². The standard InChI is InChI=1S/C67H74B3N5O4/c1-63(2,3)47-32-33-72-61(38-47)75-57-31-28-45(44-22-17-16-18-23-44)36-55(57)54-30-29-51(40-60(54)75)76-52-39-50(41-71-42-52)73-43-74(59-27-20-19-26-58(59)73)62-53(46-34-48(64(4,5)6)37-49(35-46)65(7,8)9)24-21-25-56(62)68-77-69(66(10,11)12)79-70(78-68)67(13,14)15/h16-42H,43H2,1-15H3. The molecule has 0 N–H and O–H groups in total. The number of aromatic nitrogens is 3. The summed E-state index contributed by atoms with van der Waals surface area (Å²) in [6, 6.07) is 52.4. The number of anilines is 4. The fraction of sp³-hybridized carbons (Fsp3) is 0.313. The molecule has 6 aromatic carbocycles. The van der Waals surface area contributed by atoms with Gasteiger partial charge in [-0.1, -0.05) is 189 Å². The molecule has 2 aliphatic heterocycles. The van der Waals surface area contributed by atoms with Gasteiger partial charge in [-0.3, -0.25) is 9.55 Å². The Bertz CT molecular complexity index is 3700. The van der Waals surface area contributed by atoms with E-state index < -0.39 is 21.4 Å². The minimum Gasteiger partial charge on any atom is -0.456 e. The molecule has 1 saturated heterocycles. The molecule has 0 saturated carbocycles. The molecule has 400 valence electrons. The Morgan fingerprint density at radius 1 is 0.481 bits per heavy atom. The molecule has 0 atom stereocenters. The van der Waals surface area contributed by atoms with Crippen molar-refractivity contribution in [3.05, 3.63) is 181 Å². The van der Waals surface area contributed by atoms with Crippen LogP contribution in [0.2, 0.25) is 10.6 Å². The first-order valence-corrected chi connectivity index (χ1v) is 27.9. The van der Waals surface area contributed by atoms with Crippen molar-refractivity contribution < 1.29 is 18.5 Å². The minimum atomic E-state index is -0.732. The Balaban J connectivity index is 1.01. The van der Waals surface area contributed by atoms with Crippen LogP contribution in [0, 0.1) is 0 Å². The molecular formula is C67H74B3N5O4. The van der Waals surface area contributed by atoms with Crippen molar-refractivity contribution in [2.75, 3.05) is 16.5 Å². The number of ether oxygens (including phenoxy) is 1. The Hall–Kier alpha value is -7.11. The van der Waals surface area contributed by atoms with E-state index in [0.29, 0.717) is 18.2 Å². The Kier molecular flexibility index (Phi) is 13.6. The first kappa shape index (κ1) is 53.9. The summed E-state index contributed by atoms with van der Waals surface area (Å²) in [5, 5.41) is 1.61. The molecule has 0 radical (unpaired) electrons. The Labute approximate surface area is 469 Å². The molecular weight excluding hydrogens is 971 g/mol. The molecule has 1 fully saturated rings. The van der Waals surface area contributed by atoms with Gasteiger partial charge >= 0.3 is 21.4 Å². The van der Waals surface area contributed by atoms with E-state index in [4.69, 9.17) is 28.4 Å². The number of benzene rings is 6. The molecule has 2 aliphatic rings. The predicted molar refractivity (Wildman–Crippen MR) is 331 cm³/mol. The highest BCUT2D eigenvalue weighted by molar-refractivity contribution is 6.81. The number of nitrogens with zero attached hydrogens (tertiary/aromatic N) is 5. The average molecular weight is 1050 g/mol. The number of hydrogen-bond acceptors (Lipinski definition) is 8. The van der Waals surface area contributed by atoms with Crippen molar-refractivity contribution in [3.8, 4) is 39.6 Å². The second-order valence-corrected chi connectivity index (χ2v) is 26.9. The molecule has 0 spiro atoms. The van der Waals surface area contributed by atoms with Crippen LogP contribution < -0.4 is 20.0 Å². The average Bonchev–Trinajstić information content (AvgIpc) is 4.11. The monoisotopic (exact) mass is 1050 g/mol. The third-order valence-corrected chi connectivity index (χ3v) is 15.4. The Morgan fingerprint density at radius 2 is 1.13 bits per heavy atom. The fourth-order valence-electron chi connectivity index (χ4n) is 10.8. The zero-order valence-corrected chi connectivity index (χ0v) is 48.9. The molecule has 0 amide bonds. The van der Waals surface area contributed by atoms with Gasteiger partial charge in [0.1, 0.15) is 24.0 Å². The summed E-state index contributed by atoms with van der Waals surface area (Å²) in [6.07, 6.45) is 5.64. The summed E-state index contributed by atoms with van der Waals surface area (Å²) in [6.45, 7) is 33.9. The molecule has 0 unspecified atom stereocenters. The predicted octanol–water partition coefficient (Wildman–Crippen LogP) is 17.2. The van der Waals surface area contributed by atoms with E-state index in [1.165, 1.54) is 22.3 Å². The van der Waals surface area contributed by atoms with Crippen LogP contribution in [-0.4, -0.2) is 42.6 Å². The molecule has 12 heteroatoms. The van der Waals surface area contributed by atoms with E-state index in [9.17, 15) is 0 Å². The molecule has 5 heterocycles. The number of fused-ring (bicyclic) bond motifs is 4. The van der Waals surface area contributed by atoms with Crippen LogP contribution in [0.15, 0.2) is 164 Å². The van der Waals surface area contributed by atoms with E-state index in [1.54, 1.807) is 6.20 Å². The molecule has 0 aliphatic carbocycles. The van der Waals surface area contributed by atoms with E-state index in [0.717, 1.165) is 72.5 Å². The zero-order valence-electron chi connectivity index (χ0n) is 48.9. The third-order valence-electron chi connectivity index (χ3n) is 15.4. The summed E-state index contributed by atoms with van der Waals surface area (Å²) >= 11 is 0. The second-order valence-electron chi connectivity index (χ2n) is 26.9. The van der Waals surface area contributed by atoms with Crippen LogP contribution in [0.1, 0.15) is 121 Å². The molecule has 0 bridgehead atoms. The summed E-state index contributed by atoms with van der Waals surface area (Å²) < 4.78 is 29.8. The van der Waals surface area contributed by atoms with Crippen LogP contribution in [0.5, 0.6) is 11.5 Å². The number of hydrogen-bond donors (Lipinski definition) is 0. The fourth-order valence-corrected chi connectivity index (χ4v) is 10.8. The van der Waals surface area contributed by atoms with Gasteiger partial charge in [0.05, 0.1) is 46.2 Å². The summed E-state index contributed by atoms with van der Waals surface area (Å²) in [5.74, 6) is 2.17. The highest BCUT2D eigenvalue weighted by Gasteiger charge is 2.52. The van der Waals surface area contributed by atoms with Gasteiger partial charge in [0.25, 0.3) is 0 Å². The molecule has 3 aromatic heterocycles. The van der Waals surface area contributed by atoms with Crippen LogP contribution >= 0.6 is 0 Å². The van der Waals surface area contributed by atoms with E-state index in [-0.39, 0.29) is 26.9 Å². The van der Waals surface area contributed by atoms with E-state index in [2.05, 4.69) is 264 Å². The second kappa shape index (κ2) is 19.9. The first-order chi connectivity index (χ1) is 37.3. The third kappa shape index (κ3) is 10.6. The number of para-hydroxylation sites is 3. The van der Waals surface area contributed by atoms with Gasteiger partial charge in [-0.25, -0.2) is 4.98 Å². The van der Waals surface area contributed by atoms with Crippen molar-refractivity contribution in [1.29, 1.82) is 0 Å². The quantitative estimate of drug-likeness (QED) is 0.139. The van der Waals surface area contributed by atoms with Crippen molar-refractivity contribution >= 4 is 71.4 Å². The first-order valence-electron chi connectivity index (χ1n) is 27.9. The van der Waals surface area contributed by atoms with Crippen molar-refractivity contribution in [3.63, 3.8) is 0 Å².